The molecule has 0 radical (unpaired) electrons. The van der Waals surface area contributed by atoms with Gasteiger partial charge in [0.1, 0.15) is 4.21 Å². The third-order valence-electron chi connectivity index (χ3n) is 4.55. The second-order valence-electron chi connectivity index (χ2n) is 6.49. The van der Waals surface area contributed by atoms with Crippen molar-refractivity contribution in [3.63, 3.8) is 0 Å². The number of nitrogens with one attached hydrogen (secondary N) is 1. The van der Waals surface area contributed by atoms with Crippen molar-refractivity contribution in [2.24, 2.45) is 0 Å². The number of likely N-dealkylation sites (tertiary alicyclic amines) is 1. The van der Waals surface area contributed by atoms with E-state index < -0.39 is 10.0 Å². The maximum absolute atomic E-state index is 12.6. The van der Waals surface area contributed by atoms with Crippen molar-refractivity contribution in [2.75, 3.05) is 17.8 Å². The van der Waals surface area contributed by atoms with Gasteiger partial charge in [-0.1, -0.05) is 19.1 Å². The van der Waals surface area contributed by atoms with Crippen molar-refractivity contribution in [1.29, 1.82) is 0 Å². The average molecular weight is 393 g/mol. The first kappa shape index (κ1) is 18.9. The van der Waals surface area contributed by atoms with E-state index in [1.807, 2.05) is 17.0 Å². The number of amides is 1. The fourth-order valence-corrected chi connectivity index (χ4v) is 5.42. The topological polar surface area (TPSA) is 66.5 Å². The van der Waals surface area contributed by atoms with E-state index in [-0.39, 0.29) is 16.5 Å². The van der Waals surface area contributed by atoms with Crippen LogP contribution in [0.5, 0.6) is 0 Å². The average Bonchev–Trinajstić information content (AvgIpc) is 3.12. The number of hydrogen-bond acceptors (Lipinski definition) is 4. The molecule has 0 unspecified atom stereocenters. The van der Waals surface area contributed by atoms with Crippen LogP contribution < -0.4 is 4.72 Å². The smallest absolute Gasteiger partial charge is 0.271 e. The van der Waals surface area contributed by atoms with Gasteiger partial charge < -0.3 is 4.90 Å². The molecule has 0 spiro atoms. The van der Waals surface area contributed by atoms with E-state index in [2.05, 4.69) is 11.6 Å². The lowest BCUT2D eigenvalue weighted by Crippen LogP contribution is -2.36. The van der Waals surface area contributed by atoms with Crippen molar-refractivity contribution in [2.45, 2.75) is 43.2 Å². The van der Waals surface area contributed by atoms with Gasteiger partial charge in [0, 0.05) is 23.7 Å². The molecule has 1 saturated heterocycles. The molecule has 140 valence electrons. The van der Waals surface area contributed by atoms with Gasteiger partial charge in [0.15, 0.2) is 0 Å². The van der Waals surface area contributed by atoms with E-state index in [1.165, 1.54) is 6.42 Å². The van der Waals surface area contributed by atoms with Crippen molar-refractivity contribution in [3.05, 3.63) is 46.8 Å². The van der Waals surface area contributed by atoms with E-state index in [9.17, 15) is 13.2 Å². The second kappa shape index (κ2) is 8.22. The van der Waals surface area contributed by atoms with Crippen LogP contribution >= 0.6 is 11.3 Å². The van der Waals surface area contributed by atoms with Crippen molar-refractivity contribution >= 4 is 33.0 Å². The van der Waals surface area contributed by atoms with Crippen LogP contribution in [-0.4, -0.2) is 32.3 Å². The molecule has 0 aliphatic carbocycles. The van der Waals surface area contributed by atoms with Gasteiger partial charge in [-0.05, 0) is 55.5 Å². The van der Waals surface area contributed by atoms with Gasteiger partial charge >= 0.3 is 0 Å². The van der Waals surface area contributed by atoms with Crippen LogP contribution in [0.3, 0.4) is 0 Å². The molecule has 0 atom stereocenters. The summed E-state index contributed by atoms with van der Waals surface area (Å²) in [6.07, 6.45) is 4.46. The minimum atomic E-state index is -3.63. The molecule has 2 aromatic rings. The Morgan fingerprint density at radius 1 is 1.08 bits per heavy atom. The summed E-state index contributed by atoms with van der Waals surface area (Å²) < 4.78 is 28.0. The van der Waals surface area contributed by atoms with Crippen molar-refractivity contribution < 1.29 is 13.2 Å². The van der Waals surface area contributed by atoms with E-state index >= 15 is 0 Å². The predicted octanol–water partition coefficient (Wildman–Crippen LogP) is 3.67. The third-order valence-corrected chi connectivity index (χ3v) is 7.51. The van der Waals surface area contributed by atoms with Crippen LogP contribution in [0.15, 0.2) is 40.6 Å². The van der Waals surface area contributed by atoms with Crippen molar-refractivity contribution in [3.8, 4) is 0 Å². The van der Waals surface area contributed by atoms with Crippen LogP contribution in [0.1, 0.15) is 36.6 Å². The van der Waals surface area contributed by atoms with Gasteiger partial charge in [-0.2, -0.15) is 0 Å². The number of hydrogen-bond donors (Lipinski definition) is 1. The molecular weight excluding hydrogens is 368 g/mol. The number of carbonyl (C=O) groups is 1. The van der Waals surface area contributed by atoms with Gasteiger partial charge in [-0.25, -0.2) is 8.42 Å². The lowest BCUT2D eigenvalue weighted by atomic mass is 10.1. The van der Waals surface area contributed by atoms with Crippen LogP contribution in [0.25, 0.3) is 0 Å². The second-order valence-corrected chi connectivity index (χ2v) is 9.57. The van der Waals surface area contributed by atoms with Crippen LogP contribution in [0.4, 0.5) is 5.69 Å². The Kier molecular flexibility index (Phi) is 5.98. The highest BCUT2D eigenvalue weighted by Gasteiger charge is 2.20. The van der Waals surface area contributed by atoms with E-state index in [4.69, 9.17) is 0 Å². The summed E-state index contributed by atoms with van der Waals surface area (Å²) in [5.74, 6) is 0.0820. The zero-order valence-corrected chi connectivity index (χ0v) is 16.5. The number of piperidine rings is 1. The molecule has 5 nitrogen and oxygen atoms in total. The number of rotatable bonds is 6. The zero-order valence-electron chi connectivity index (χ0n) is 14.9. The monoisotopic (exact) mass is 392 g/mol. The lowest BCUT2D eigenvalue weighted by molar-refractivity contribution is -0.131. The maximum atomic E-state index is 12.6. The molecule has 1 aliphatic rings. The zero-order chi connectivity index (χ0) is 18.6. The number of anilines is 1. The first-order chi connectivity index (χ1) is 12.5. The standard InChI is InChI=1S/C19H24N2O3S2/c1-2-15-6-8-16(9-7-15)20-26(23,24)19-11-10-17(25-19)14-18(22)21-12-4-3-5-13-21/h6-11,20H,2-5,12-14H2,1H3. The van der Waals surface area contributed by atoms with Gasteiger partial charge in [-0.3, -0.25) is 9.52 Å². The summed E-state index contributed by atoms with van der Waals surface area (Å²) >= 11 is 1.16. The fraction of sp³-hybridized carbons (Fsp3) is 0.421. The molecule has 2 heterocycles. The van der Waals surface area contributed by atoms with E-state index in [0.29, 0.717) is 5.69 Å². The molecule has 0 bridgehead atoms. The summed E-state index contributed by atoms with van der Waals surface area (Å²) in [4.78, 5) is 15.0. The highest BCUT2D eigenvalue weighted by atomic mass is 32.2. The van der Waals surface area contributed by atoms with Crippen LogP contribution in [0.2, 0.25) is 0 Å². The summed E-state index contributed by atoms with van der Waals surface area (Å²) in [7, 11) is -3.63. The Balaban J connectivity index is 1.66. The molecule has 26 heavy (non-hydrogen) atoms. The predicted molar refractivity (Wildman–Crippen MR) is 105 cm³/mol. The van der Waals surface area contributed by atoms with E-state index in [1.54, 1.807) is 24.3 Å². The molecule has 1 aliphatic heterocycles. The van der Waals surface area contributed by atoms with Gasteiger partial charge in [0.05, 0.1) is 6.42 Å². The fourth-order valence-electron chi connectivity index (χ4n) is 3.02. The van der Waals surface area contributed by atoms with Gasteiger partial charge in [-0.15, -0.1) is 11.3 Å². The molecule has 0 saturated carbocycles. The number of carbonyl (C=O) groups excluding carboxylic acids is 1. The van der Waals surface area contributed by atoms with Crippen molar-refractivity contribution in [1.82, 2.24) is 4.90 Å². The molecule has 3 rings (SSSR count). The largest absolute Gasteiger partial charge is 0.342 e. The Morgan fingerprint density at radius 2 is 1.77 bits per heavy atom. The van der Waals surface area contributed by atoms with Crippen LogP contribution in [0, 0.1) is 0 Å². The first-order valence-electron chi connectivity index (χ1n) is 8.96. The minimum absolute atomic E-state index is 0.0820. The molecule has 1 amide bonds. The summed E-state index contributed by atoms with van der Waals surface area (Å²) in [6.45, 7) is 3.67. The highest BCUT2D eigenvalue weighted by molar-refractivity contribution is 7.94. The first-order valence-corrected chi connectivity index (χ1v) is 11.3. The SMILES string of the molecule is CCc1ccc(NS(=O)(=O)c2ccc(CC(=O)N3CCCCC3)s2)cc1. The highest BCUT2D eigenvalue weighted by Crippen LogP contribution is 2.25. The molecule has 1 N–H and O–H groups in total. The number of benzene rings is 1. The lowest BCUT2D eigenvalue weighted by Gasteiger charge is -2.26. The van der Waals surface area contributed by atoms with Crippen LogP contribution in [-0.2, 0) is 27.7 Å². The molecule has 1 aromatic carbocycles. The number of thiophene rings is 1. The normalized spacial score (nSPS) is 15.0. The Bertz CT molecular complexity index is 851. The molecule has 7 heteroatoms. The maximum Gasteiger partial charge on any atom is 0.271 e. The Hall–Kier alpha value is -1.86. The minimum Gasteiger partial charge on any atom is -0.342 e. The summed E-state index contributed by atoms with van der Waals surface area (Å²) in [6, 6.07) is 10.7. The molecule has 1 fully saturated rings. The third kappa shape index (κ3) is 4.65. The number of nitrogens with zero attached hydrogens (tertiary/aromatic N) is 1. The summed E-state index contributed by atoms with van der Waals surface area (Å²) in [5.41, 5.74) is 1.70. The van der Waals surface area contributed by atoms with Gasteiger partial charge in [0.25, 0.3) is 10.0 Å². The quantitative estimate of drug-likeness (QED) is 0.816. The molecular formula is C19H24N2O3S2. The Labute approximate surface area is 159 Å². The number of sulfonamides is 1. The van der Waals surface area contributed by atoms with Gasteiger partial charge in [0.2, 0.25) is 5.91 Å². The summed E-state index contributed by atoms with van der Waals surface area (Å²) in [5, 5.41) is 0. The molecule has 1 aromatic heterocycles. The number of aryl methyl sites for hydroxylation is 1. The Morgan fingerprint density at radius 3 is 2.42 bits per heavy atom. The van der Waals surface area contributed by atoms with E-state index in [0.717, 1.165) is 54.1 Å².